The Morgan fingerprint density at radius 3 is 3.00 bits per heavy atom. The summed E-state index contributed by atoms with van der Waals surface area (Å²) in [5.41, 5.74) is 1.54. The molecule has 0 radical (unpaired) electrons. The molecule has 2 saturated heterocycles. The van der Waals surface area contributed by atoms with Crippen LogP contribution in [0.3, 0.4) is 0 Å². The number of rotatable bonds is 3. The van der Waals surface area contributed by atoms with Gasteiger partial charge in [-0.05, 0) is 6.42 Å². The van der Waals surface area contributed by atoms with Gasteiger partial charge in [-0.25, -0.2) is 0 Å². The van der Waals surface area contributed by atoms with Crippen LogP contribution in [-0.2, 0) is 0 Å². The average molecular weight is 233 g/mol. The minimum atomic E-state index is 0.0911. The van der Waals surface area contributed by atoms with E-state index in [-0.39, 0.29) is 12.9 Å². The van der Waals surface area contributed by atoms with Crippen LogP contribution in [0.25, 0.3) is 0 Å². The number of halogens is 1. The second kappa shape index (κ2) is 5.25. The van der Waals surface area contributed by atoms with Crippen molar-refractivity contribution in [2.24, 2.45) is 0 Å². The van der Waals surface area contributed by atoms with Crippen LogP contribution in [0.5, 0.6) is 0 Å². The largest absolute Gasteiger partial charge is 0.381 e. The molecule has 86 valence electrons. The first-order valence-corrected chi connectivity index (χ1v) is 5.56. The summed E-state index contributed by atoms with van der Waals surface area (Å²) in [4.78, 5) is 6.59. The Morgan fingerprint density at radius 1 is 1.40 bits per heavy atom. The van der Waals surface area contributed by atoms with Gasteiger partial charge in [0.25, 0.3) is 0 Å². The zero-order valence-electron chi connectivity index (χ0n) is 8.64. The van der Waals surface area contributed by atoms with Gasteiger partial charge in [-0.15, -0.1) is 0 Å². The monoisotopic (exact) mass is 232 g/mol. The molecular formula is C9H17ClN4O. The van der Waals surface area contributed by atoms with E-state index in [9.17, 15) is 5.11 Å². The van der Waals surface area contributed by atoms with E-state index in [1.165, 1.54) is 0 Å². The van der Waals surface area contributed by atoms with Crippen molar-refractivity contribution in [3.8, 4) is 0 Å². The van der Waals surface area contributed by atoms with Gasteiger partial charge in [-0.1, -0.05) is 17.7 Å². The molecule has 0 aromatic carbocycles. The highest BCUT2D eigenvalue weighted by Gasteiger charge is 2.33. The van der Waals surface area contributed by atoms with Crippen LogP contribution in [0.15, 0.2) is 11.6 Å². The van der Waals surface area contributed by atoms with Crippen molar-refractivity contribution in [2.45, 2.75) is 12.6 Å². The first-order valence-electron chi connectivity index (χ1n) is 5.12. The molecule has 2 aliphatic heterocycles. The second-order valence-corrected chi connectivity index (χ2v) is 4.17. The molecule has 0 spiro atoms. The molecule has 0 saturated carbocycles. The quantitative estimate of drug-likeness (QED) is 0.703. The Bertz CT molecular complexity index is 236. The van der Waals surface area contributed by atoms with Gasteiger partial charge in [0.05, 0.1) is 39.6 Å². The predicted molar refractivity (Wildman–Crippen MR) is 58.6 cm³/mol. The Balaban J connectivity index is 2.02. The van der Waals surface area contributed by atoms with Gasteiger partial charge in [-0.3, -0.25) is 20.0 Å². The topological polar surface area (TPSA) is 42.0 Å². The third-order valence-electron chi connectivity index (χ3n) is 2.87. The normalized spacial score (nSPS) is 37.3. The lowest BCUT2D eigenvalue weighted by Gasteiger charge is -2.50. The van der Waals surface area contributed by atoms with E-state index in [0.717, 1.165) is 33.1 Å². The number of nitrogens with one attached hydrogen (secondary N) is 1. The maximum absolute atomic E-state index is 9.31. The zero-order valence-corrected chi connectivity index (χ0v) is 9.40. The number of nitrogens with zero attached hydrogens (tertiary/aromatic N) is 3. The van der Waals surface area contributed by atoms with Crippen molar-refractivity contribution in [3.63, 3.8) is 0 Å². The number of hydrogen-bond acceptors (Lipinski definition) is 5. The standard InChI is InChI=1S/C9H17ClN4O/c10-3-1-2-9-13-5-11-4-12(6-13)7-14(9)8-15/h1,3,9,11,15H,2,4-8H2. The Morgan fingerprint density at radius 2 is 2.27 bits per heavy atom. The Hall–Kier alpha value is -0.170. The molecule has 2 fully saturated rings. The first kappa shape index (κ1) is 11.3. The number of aliphatic hydroxyl groups excluding tert-OH is 1. The maximum atomic E-state index is 9.31. The van der Waals surface area contributed by atoms with E-state index in [2.05, 4.69) is 15.1 Å². The fourth-order valence-electron chi connectivity index (χ4n) is 2.20. The van der Waals surface area contributed by atoms with E-state index in [0.29, 0.717) is 0 Å². The van der Waals surface area contributed by atoms with Crippen LogP contribution in [-0.4, -0.2) is 59.4 Å². The van der Waals surface area contributed by atoms with Gasteiger partial charge < -0.3 is 5.11 Å². The van der Waals surface area contributed by atoms with Crippen LogP contribution in [0.4, 0.5) is 0 Å². The van der Waals surface area contributed by atoms with E-state index >= 15 is 0 Å². The molecule has 6 heteroatoms. The summed E-state index contributed by atoms with van der Waals surface area (Å²) in [6, 6.07) is 0. The second-order valence-electron chi connectivity index (χ2n) is 3.92. The minimum absolute atomic E-state index is 0.0911. The highest BCUT2D eigenvalue weighted by Crippen LogP contribution is 2.18. The fraction of sp³-hybridized carbons (Fsp3) is 0.778. The van der Waals surface area contributed by atoms with Gasteiger partial charge >= 0.3 is 0 Å². The van der Waals surface area contributed by atoms with Crippen molar-refractivity contribution in [2.75, 3.05) is 33.4 Å². The summed E-state index contributed by atoms with van der Waals surface area (Å²) < 4.78 is 0. The molecule has 2 bridgehead atoms. The van der Waals surface area contributed by atoms with E-state index in [4.69, 9.17) is 11.6 Å². The van der Waals surface area contributed by atoms with Crippen LogP contribution < -0.4 is 5.32 Å². The summed E-state index contributed by atoms with van der Waals surface area (Å²) in [5, 5.41) is 12.6. The van der Waals surface area contributed by atoms with E-state index in [1.54, 1.807) is 5.54 Å². The third-order valence-corrected chi connectivity index (χ3v) is 3.05. The summed E-state index contributed by atoms with van der Waals surface area (Å²) in [7, 11) is 0. The fourth-order valence-corrected chi connectivity index (χ4v) is 2.30. The summed E-state index contributed by atoms with van der Waals surface area (Å²) in [5.74, 6) is 0. The van der Waals surface area contributed by atoms with Crippen molar-refractivity contribution >= 4 is 11.6 Å². The van der Waals surface area contributed by atoms with E-state index in [1.807, 2.05) is 11.0 Å². The van der Waals surface area contributed by atoms with Gasteiger partial charge in [-0.2, -0.15) is 0 Å². The molecule has 0 aromatic heterocycles. The number of aliphatic hydroxyl groups is 1. The molecule has 1 unspecified atom stereocenters. The molecule has 2 aliphatic rings. The van der Waals surface area contributed by atoms with Crippen LogP contribution in [0.1, 0.15) is 6.42 Å². The Labute approximate surface area is 94.9 Å². The molecule has 5 nitrogen and oxygen atoms in total. The molecule has 2 N–H and O–H groups in total. The summed E-state index contributed by atoms with van der Waals surface area (Å²) in [6.45, 7) is 3.62. The highest BCUT2D eigenvalue weighted by atomic mass is 35.5. The average Bonchev–Trinajstić information content (AvgIpc) is 2.28. The van der Waals surface area contributed by atoms with Gasteiger partial charge in [0, 0.05) is 5.54 Å². The molecule has 2 rings (SSSR count). The van der Waals surface area contributed by atoms with Gasteiger partial charge in [0.1, 0.15) is 0 Å². The lowest BCUT2D eigenvalue weighted by molar-refractivity contribution is -0.139. The molecule has 15 heavy (non-hydrogen) atoms. The summed E-state index contributed by atoms with van der Waals surface area (Å²) >= 11 is 5.54. The third kappa shape index (κ3) is 2.50. The SMILES string of the molecule is OCN1C[N@]2CNC[N@@](C2)C1CC=CCl. The molecule has 3 atom stereocenters. The van der Waals surface area contributed by atoms with Crippen LogP contribution in [0, 0.1) is 0 Å². The first-order chi connectivity index (χ1) is 7.35. The van der Waals surface area contributed by atoms with Gasteiger partial charge in [0.15, 0.2) is 0 Å². The van der Waals surface area contributed by atoms with Crippen molar-refractivity contribution in [3.05, 3.63) is 11.6 Å². The van der Waals surface area contributed by atoms with Crippen molar-refractivity contribution in [1.29, 1.82) is 0 Å². The zero-order chi connectivity index (χ0) is 10.7. The minimum Gasteiger partial charge on any atom is -0.381 e. The number of hydrogen-bond donors (Lipinski definition) is 2. The molecule has 0 aliphatic carbocycles. The van der Waals surface area contributed by atoms with Gasteiger partial charge in [0.2, 0.25) is 0 Å². The number of fused-ring (bicyclic) bond motifs is 2. The predicted octanol–water partition coefficient (Wildman–Crippen LogP) is -0.242. The molecule has 0 aromatic rings. The molecule has 0 amide bonds. The lowest BCUT2D eigenvalue weighted by Crippen LogP contribution is -2.67. The van der Waals surface area contributed by atoms with Crippen molar-refractivity contribution < 1.29 is 5.11 Å². The maximum Gasteiger partial charge on any atom is 0.0979 e. The van der Waals surface area contributed by atoms with Crippen LogP contribution >= 0.6 is 11.6 Å². The highest BCUT2D eigenvalue weighted by molar-refractivity contribution is 6.25. The van der Waals surface area contributed by atoms with E-state index < -0.39 is 0 Å². The Kier molecular flexibility index (Phi) is 3.96. The van der Waals surface area contributed by atoms with Crippen molar-refractivity contribution in [1.82, 2.24) is 20.0 Å². The smallest absolute Gasteiger partial charge is 0.0979 e. The summed E-state index contributed by atoms with van der Waals surface area (Å²) in [6.07, 6.45) is 3.02. The molecule has 2 heterocycles. The molecular weight excluding hydrogens is 216 g/mol. The lowest BCUT2D eigenvalue weighted by atomic mass is 10.2. The van der Waals surface area contributed by atoms with Crippen LogP contribution in [0.2, 0.25) is 0 Å².